The van der Waals surface area contributed by atoms with Crippen LogP contribution in [0.15, 0.2) is 42.5 Å². The summed E-state index contributed by atoms with van der Waals surface area (Å²) in [5.41, 5.74) is 6.55. The fourth-order valence-electron chi connectivity index (χ4n) is 1.59. The van der Waals surface area contributed by atoms with Crippen molar-refractivity contribution >= 4 is 40.4 Å². The van der Waals surface area contributed by atoms with E-state index in [-0.39, 0.29) is 10.6 Å². The molecule has 0 heterocycles. The Morgan fingerprint density at radius 1 is 1.20 bits per heavy atom. The summed E-state index contributed by atoms with van der Waals surface area (Å²) in [7, 11) is 0. The van der Waals surface area contributed by atoms with E-state index in [0.29, 0.717) is 16.3 Å². The molecule has 0 bridgehead atoms. The van der Waals surface area contributed by atoms with Gasteiger partial charge in [0, 0.05) is 16.3 Å². The monoisotopic (exact) mass is 308 g/mol. The molecule has 0 atom stereocenters. The van der Waals surface area contributed by atoms with Crippen molar-refractivity contribution in [1.29, 1.82) is 0 Å². The standard InChI is InChI=1S/C14H10ClFN2OS/c15-9-3-6-12(16)11(7-9)14(19)18-10-4-1-8(2-5-10)13(17)20/h1-7H,(H2,17,20)(H,18,19). The van der Waals surface area contributed by atoms with Crippen LogP contribution in [0.2, 0.25) is 5.02 Å². The zero-order valence-electron chi connectivity index (χ0n) is 10.2. The maximum atomic E-state index is 13.5. The normalized spacial score (nSPS) is 10.1. The Kier molecular flexibility index (Phi) is 4.32. The Morgan fingerprint density at radius 2 is 1.85 bits per heavy atom. The summed E-state index contributed by atoms with van der Waals surface area (Å²) in [6.45, 7) is 0. The smallest absolute Gasteiger partial charge is 0.258 e. The molecule has 0 fully saturated rings. The highest BCUT2D eigenvalue weighted by atomic mass is 35.5. The van der Waals surface area contributed by atoms with Gasteiger partial charge < -0.3 is 11.1 Å². The van der Waals surface area contributed by atoms with Crippen molar-refractivity contribution in [2.24, 2.45) is 5.73 Å². The van der Waals surface area contributed by atoms with Crippen molar-refractivity contribution in [2.75, 3.05) is 5.32 Å². The summed E-state index contributed by atoms with van der Waals surface area (Å²) < 4.78 is 13.5. The van der Waals surface area contributed by atoms with Gasteiger partial charge in [-0.25, -0.2) is 4.39 Å². The molecular weight excluding hydrogens is 299 g/mol. The lowest BCUT2D eigenvalue weighted by atomic mass is 10.1. The van der Waals surface area contributed by atoms with Crippen LogP contribution in [0.4, 0.5) is 10.1 Å². The predicted octanol–water partition coefficient (Wildman–Crippen LogP) is 3.37. The summed E-state index contributed by atoms with van der Waals surface area (Å²) in [5, 5.41) is 2.86. The van der Waals surface area contributed by atoms with Crippen LogP contribution in [0, 0.1) is 5.82 Å². The van der Waals surface area contributed by atoms with Crippen LogP contribution >= 0.6 is 23.8 Å². The van der Waals surface area contributed by atoms with Gasteiger partial charge in [-0.05, 0) is 42.5 Å². The third kappa shape index (κ3) is 3.31. The Bertz CT molecular complexity index is 673. The maximum Gasteiger partial charge on any atom is 0.258 e. The fraction of sp³-hybridized carbons (Fsp3) is 0. The van der Waals surface area contributed by atoms with Crippen molar-refractivity contribution in [3.63, 3.8) is 0 Å². The van der Waals surface area contributed by atoms with Crippen LogP contribution in [-0.2, 0) is 0 Å². The molecule has 2 aromatic carbocycles. The summed E-state index contributed by atoms with van der Waals surface area (Å²) in [5.74, 6) is -1.21. The van der Waals surface area contributed by atoms with Gasteiger partial charge in [-0.2, -0.15) is 0 Å². The van der Waals surface area contributed by atoms with Gasteiger partial charge in [0.1, 0.15) is 10.8 Å². The number of nitrogens with two attached hydrogens (primary N) is 1. The first-order valence-electron chi connectivity index (χ1n) is 5.63. The van der Waals surface area contributed by atoms with Crippen molar-refractivity contribution in [2.45, 2.75) is 0 Å². The van der Waals surface area contributed by atoms with Gasteiger partial charge in [0.25, 0.3) is 5.91 Å². The molecule has 0 aromatic heterocycles. The van der Waals surface area contributed by atoms with E-state index >= 15 is 0 Å². The lowest BCUT2D eigenvalue weighted by molar-refractivity contribution is 0.102. The first kappa shape index (κ1) is 14.4. The topological polar surface area (TPSA) is 55.1 Å². The molecule has 2 rings (SSSR count). The fourth-order valence-corrected chi connectivity index (χ4v) is 1.90. The minimum atomic E-state index is -0.633. The molecule has 6 heteroatoms. The predicted molar refractivity (Wildman–Crippen MR) is 81.7 cm³/mol. The summed E-state index contributed by atoms with van der Waals surface area (Å²) in [6.07, 6.45) is 0. The number of hydrogen-bond acceptors (Lipinski definition) is 2. The minimum Gasteiger partial charge on any atom is -0.389 e. The van der Waals surface area contributed by atoms with Gasteiger partial charge in [0.2, 0.25) is 0 Å². The molecule has 3 N–H and O–H groups in total. The van der Waals surface area contributed by atoms with Crippen LogP contribution in [0.25, 0.3) is 0 Å². The lowest BCUT2D eigenvalue weighted by Crippen LogP contribution is -2.14. The maximum absolute atomic E-state index is 13.5. The molecule has 0 spiro atoms. The zero-order chi connectivity index (χ0) is 14.7. The second-order valence-corrected chi connectivity index (χ2v) is 4.90. The highest BCUT2D eigenvalue weighted by Gasteiger charge is 2.12. The lowest BCUT2D eigenvalue weighted by Gasteiger charge is -2.07. The number of carbonyl (C=O) groups excluding carboxylic acids is 1. The first-order valence-corrected chi connectivity index (χ1v) is 6.42. The summed E-state index contributed by atoms with van der Waals surface area (Å²) in [6, 6.07) is 10.4. The van der Waals surface area contributed by atoms with E-state index in [1.807, 2.05) is 0 Å². The Balaban J connectivity index is 2.19. The highest BCUT2D eigenvalue weighted by Crippen LogP contribution is 2.17. The van der Waals surface area contributed by atoms with Crippen molar-refractivity contribution in [1.82, 2.24) is 0 Å². The Morgan fingerprint density at radius 3 is 2.45 bits per heavy atom. The molecule has 0 aliphatic rings. The van der Waals surface area contributed by atoms with Crippen LogP contribution < -0.4 is 11.1 Å². The molecule has 0 aliphatic heterocycles. The largest absolute Gasteiger partial charge is 0.389 e. The number of nitrogens with one attached hydrogen (secondary N) is 1. The molecule has 0 radical (unpaired) electrons. The van der Waals surface area contributed by atoms with Crippen LogP contribution in [0.3, 0.4) is 0 Å². The van der Waals surface area contributed by atoms with Gasteiger partial charge in [-0.15, -0.1) is 0 Å². The summed E-state index contributed by atoms with van der Waals surface area (Å²) >= 11 is 10.6. The van der Waals surface area contributed by atoms with E-state index in [9.17, 15) is 9.18 Å². The molecule has 0 unspecified atom stereocenters. The third-order valence-corrected chi connectivity index (χ3v) is 3.07. The Hall–Kier alpha value is -1.98. The average molecular weight is 309 g/mol. The van der Waals surface area contributed by atoms with Crippen molar-refractivity contribution in [3.05, 3.63) is 64.4 Å². The number of hydrogen-bond donors (Lipinski definition) is 2. The summed E-state index contributed by atoms with van der Waals surface area (Å²) in [4.78, 5) is 12.2. The third-order valence-electron chi connectivity index (χ3n) is 2.60. The van der Waals surface area contributed by atoms with E-state index in [4.69, 9.17) is 29.6 Å². The second kappa shape index (κ2) is 5.98. The molecule has 20 heavy (non-hydrogen) atoms. The molecule has 2 aromatic rings. The molecule has 0 saturated heterocycles. The van der Waals surface area contributed by atoms with Gasteiger partial charge >= 0.3 is 0 Å². The molecule has 3 nitrogen and oxygen atoms in total. The number of rotatable bonds is 3. The number of benzene rings is 2. The quantitative estimate of drug-likeness (QED) is 0.855. The molecular formula is C14H10ClFN2OS. The van der Waals surface area contributed by atoms with Crippen LogP contribution in [0.5, 0.6) is 0 Å². The van der Waals surface area contributed by atoms with Gasteiger partial charge in [0.15, 0.2) is 0 Å². The van der Waals surface area contributed by atoms with Gasteiger partial charge in [-0.1, -0.05) is 23.8 Å². The van der Waals surface area contributed by atoms with E-state index < -0.39 is 11.7 Å². The molecule has 0 aliphatic carbocycles. The zero-order valence-corrected chi connectivity index (χ0v) is 11.8. The molecule has 0 saturated carbocycles. The SMILES string of the molecule is NC(=S)c1ccc(NC(=O)c2cc(Cl)ccc2F)cc1. The number of thiocarbonyl (C=S) groups is 1. The van der Waals surface area contributed by atoms with E-state index in [1.165, 1.54) is 12.1 Å². The van der Waals surface area contributed by atoms with Crippen LogP contribution in [0.1, 0.15) is 15.9 Å². The van der Waals surface area contributed by atoms with Crippen molar-refractivity contribution in [3.8, 4) is 0 Å². The number of carbonyl (C=O) groups is 1. The van der Waals surface area contributed by atoms with Crippen LogP contribution in [-0.4, -0.2) is 10.9 Å². The average Bonchev–Trinajstić information content (AvgIpc) is 2.42. The van der Waals surface area contributed by atoms with E-state index in [1.54, 1.807) is 24.3 Å². The van der Waals surface area contributed by atoms with Gasteiger partial charge in [-0.3, -0.25) is 4.79 Å². The number of halogens is 2. The van der Waals surface area contributed by atoms with E-state index in [0.717, 1.165) is 6.07 Å². The first-order chi connectivity index (χ1) is 9.47. The number of amides is 1. The van der Waals surface area contributed by atoms with Crippen molar-refractivity contribution < 1.29 is 9.18 Å². The van der Waals surface area contributed by atoms with Gasteiger partial charge in [0.05, 0.1) is 5.56 Å². The highest BCUT2D eigenvalue weighted by molar-refractivity contribution is 7.80. The molecule has 1 amide bonds. The van der Waals surface area contributed by atoms with E-state index in [2.05, 4.69) is 5.32 Å². The Labute approximate surface area is 125 Å². The molecule has 102 valence electrons. The minimum absolute atomic E-state index is 0.115. The number of anilines is 1. The second-order valence-electron chi connectivity index (χ2n) is 4.02.